The number of likely N-dealkylation sites (N-methyl/N-ethyl adjacent to an activating group) is 1. The number of ether oxygens (including phenoxy) is 2. The van der Waals surface area contributed by atoms with Crippen molar-refractivity contribution in [1.82, 2.24) is 15.1 Å². The van der Waals surface area contributed by atoms with E-state index in [4.69, 9.17) is 9.47 Å². The fourth-order valence-electron chi connectivity index (χ4n) is 3.28. The van der Waals surface area contributed by atoms with Gasteiger partial charge in [-0.3, -0.25) is 9.69 Å². The summed E-state index contributed by atoms with van der Waals surface area (Å²) in [5.74, 6) is 1.63. The molecule has 1 saturated heterocycles. The Labute approximate surface area is 150 Å². The van der Waals surface area contributed by atoms with Crippen molar-refractivity contribution in [2.75, 3.05) is 53.0 Å². The van der Waals surface area contributed by atoms with E-state index in [1.165, 1.54) is 0 Å². The van der Waals surface area contributed by atoms with Crippen molar-refractivity contribution in [2.45, 2.75) is 25.8 Å². The van der Waals surface area contributed by atoms with Gasteiger partial charge in [0.05, 0.1) is 25.8 Å². The predicted octanol–water partition coefficient (Wildman–Crippen LogP) is 1.66. The largest absolute Gasteiger partial charge is 0.490 e. The molecular formula is C19H29N3O3. The number of amides is 1. The van der Waals surface area contributed by atoms with Crippen LogP contribution in [-0.4, -0.2) is 68.7 Å². The van der Waals surface area contributed by atoms with Crippen molar-refractivity contribution >= 4 is 5.91 Å². The lowest BCUT2D eigenvalue weighted by atomic mass is 10.1. The van der Waals surface area contributed by atoms with Crippen LogP contribution in [-0.2, 0) is 4.79 Å². The lowest BCUT2D eigenvalue weighted by Gasteiger charge is -2.22. The summed E-state index contributed by atoms with van der Waals surface area (Å²) in [4.78, 5) is 17.0. The number of benzene rings is 1. The molecule has 0 aromatic heterocycles. The van der Waals surface area contributed by atoms with E-state index in [2.05, 4.69) is 22.2 Å². The zero-order valence-corrected chi connectivity index (χ0v) is 15.3. The van der Waals surface area contributed by atoms with Gasteiger partial charge in [-0.25, -0.2) is 0 Å². The molecule has 2 aliphatic rings. The van der Waals surface area contributed by atoms with Gasteiger partial charge in [0, 0.05) is 19.5 Å². The van der Waals surface area contributed by atoms with Crippen LogP contribution >= 0.6 is 0 Å². The summed E-state index contributed by atoms with van der Waals surface area (Å²) in [6, 6.07) is 5.86. The van der Waals surface area contributed by atoms with Crippen LogP contribution in [0.5, 0.6) is 11.5 Å². The Morgan fingerprint density at radius 3 is 2.76 bits per heavy atom. The molecule has 2 heterocycles. The van der Waals surface area contributed by atoms with E-state index in [1.807, 2.05) is 25.1 Å². The maximum Gasteiger partial charge on any atom is 0.234 e. The highest BCUT2D eigenvalue weighted by Crippen LogP contribution is 2.32. The molecule has 6 nitrogen and oxygen atoms in total. The predicted molar refractivity (Wildman–Crippen MR) is 97.2 cm³/mol. The molecule has 1 N–H and O–H groups in total. The molecule has 25 heavy (non-hydrogen) atoms. The molecule has 0 saturated carbocycles. The molecule has 6 heteroatoms. The number of carbonyl (C=O) groups is 1. The van der Waals surface area contributed by atoms with E-state index in [-0.39, 0.29) is 11.9 Å². The van der Waals surface area contributed by atoms with E-state index in [1.54, 1.807) is 0 Å². The minimum Gasteiger partial charge on any atom is -0.490 e. The van der Waals surface area contributed by atoms with Gasteiger partial charge in [0.15, 0.2) is 11.5 Å². The topological polar surface area (TPSA) is 54.0 Å². The minimum absolute atomic E-state index is 0.0562. The summed E-state index contributed by atoms with van der Waals surface area (Å²) in [5.41, 5.74) is 1.04. The average molecular weight is 347 g/mol. The molecule has 1 atom stereocenters. The Morgan fingerprint density at radius 2 is 1.92 bits per heavy atom. The molecule has 0 radical (unpaired) electrons. The second kappa shape index (κ2) is 8.54. The highest BCUT2D eigenvalue weighted by molar-refractivity contribution is 5.78. The third kappa shape index (κ3) is 5.09. The molecule has 1 aromatic rings. The number of hydrogen-bond acceptors (Lipinski definition) is 5. The summed E-state index contributed by atoms with van der Waals surface area (Å²) < 4.78 is 11.4. The molecule has 3 rings (SSSR count). The Morgan fingerprint density at radius 1 is 1.12 bits per heavy atom. The zero-order valence-electron chi connectivity index (χ0n) is 15.3. The van der Waals surface area contributed by atoms with Gasteiger partial charge in [-0.1, -0.05) is 6.07 Å². The zero-order chi connectivity index (χ0) is 17.6. The second-order valence-electron chi connectivity index (χ2n) is 6.98. The summed E-state index contributed by atoms with van der Waals surface area (Å²) in [7, 11) is 2.13. The smallest absolute Gasteiger partial charge is 0.234 e. The summed E-state index contributed by atoms with van der Waals surface area (Å²) >= 11 is 0. The lowest BCUT2D eigenvalue weighted by molar-refractivity contribution is -0.122. The van der Waals surface area contributed by atoms with Crippen LogP contribution < -0.4 is 14.8 Å². The number of fused-ring (bicyclic) bond motifs is 1. The van der Waals surface area contributed by atoms with Crippen molar-refractivity contribution in [1.29, 1.82) is 0 Å². The Hall–Kier alpha value is -1.79. The fraction of sp³-hybridized carbons (Fsp3) is 0.632. The van der Waals surface area contributed by atoms with Crippen molar-refractivity contribution in [3.63, 3.8) is 0 Å². The van der Waals surface area contributed by atoms with E-state index in [0.717, 1.165) is 56.1 Å². The molecule has 1 amide bonds. The van der Waals surface area contributed by atoms with E-state index >= 15 is 0 Å². The molecule has 0 spiro atoms. The Kier molecular flexibility index (Phi) is 6.15. The average Bonchev–Trinajstić information content (AvgIpc) is 2.94. The monoisotopic (exact) mass is 347 g/mol. The number of nitrogens with one attached hydrogen (secondary N) is 1. The maximum absolute atomic E-state index is 12.4. The molecule has 0 unspecified atom stereocenters. The molecule has 1 aromatic carbocycles. The lowest BCUT2D eigenvalue weighted by Crippen LogP contribution is -2.39. The molecular weight excluding hydrogens is 318 g/mol. The first-order chi connectivity index (χ1) is 12.1. The van der Waals surface area contributed by atoms with Crippen molar-refractivity contribution in [3.8, 4) is 11.5 Å². The third-order valence-corrected chi connectivity index (χ3v) is 4.83. The van der Waals surface area contributed by atoms with Crippen LogP contribution in [0.25, 0.3) is 0 Å². The quantitative estimate of drug-likeness (QED) is 0.898. The van der Waals surface area contributed by atoms with Gasteiger partial charge < -0.3 is 19.7 Å². The van der Waals surface area contributed by atoms with Gasteiger partial charge in [0.2, 0.25) is 5.91 Å². The number of nitrogens with zero attached hydrogens (tertiary/aromatic N) is 2. The summed E-state index contributed by atoms with van der Waals surface area (Å²) in [6.45, 7) is 7.87. The van der Waals surface area contributed by atoms with Crippen LogP contribution in [0.4, 0.5) is 0 Å². The molecule has 0 aliphatic carbocycles. The highest BCUT2D eigenvalue weighted by Gasteiger charge is 2.18. The fourth-order valence-corrected chi connectivity index (χ4v) is 3.28. The van der Waals surface area contributed by atoms with E-state index < -0.39 is 0 Å². The summed E-state index contributed by atoms with van der Waals surface area (Å²) in [5, 5.41) is 3.11. The number of carbonyl (C=O) groups excluding carboxylic acids is 1. The van der Waals surface area contributed by atoms with Crippen LogP contribution in [0.15, 0.2) is 18.2 Å². The SMILES string of the molecule is C[C@H](NC(=O)CN1CCCN(C)CC1)c1ccc2c(c1)OCCCO2. The van der Waals surface area contributed by atoms with Gasteiger partial charge in [0.25, 0.3) is 0 Å². The molecule has 138 valence electrons. The van der Waals surface area contributed by atoms with E-state index in [0.29, 0.717) is 19.8 Å². The van der Waals surface area contributed by atoms with Gasteiger partial charge in [0.1, 0.15) is 0 Å². The van der Waals surface area contributed by atoms with Gasteiger partial charge in [-0.15, -0.1) is 0 Å². The Balaban J connectivity index is 1.55. The molecule has 2 aliphatic heterocycles. The van der Waals surface area contributed by atoms with Gasteiger partial charge >= 0.3 is 0 Å². The maximum atomic E-state index is 12.4. The van der Waals surface area contributed by atoms with E-state index in [9.17, 15) is 4.79 Å². The highest BCUT2D eigenvalue weighted by atomic mass is 16.5. The van der Waals surface area contributed by atoms with Crippen molar-refractivity contribution in [2.24, 2.45) is 0 Å². The first-order valence-electron chi connectivity index (χ1n) is 9.21. The normalized spacial score (nSPS) is 20.4. The number of hydrogen-bond donors (Lipinski definition) is 1. The first kappa shape index (κ1) is 18.0. The molecule has 0 bridgehead atoms. The third-order valence-electron chi connectivity index (χ3n) is 4.83. The Bertz CT molecular complexity index is 593. The second-order valence-corrected chi connectivity index (χ2v) is 6.98. The summed E-state index contributed by atoms with van der Waals surface area (Å²) in [6.07, 6.45) is 2.00. The van der Waals surface area contributed by atoms with Crippen LogP contribution in [0.1, 0.15) is 31.4 Å². The van der Waals surface area contributed by atoms with Crippen molar-refractivity contribution in [3.05, 3.63) is 23.8 Å². The van der Waals surface area contributed by atoms with Crippen LogP contribution in [0.3, 0.4) is 0 Å². The standard InChI is InChI=1S/C19H29N3O3/c1-15(16-5-6-17-18(13-16)25-12-4-11-24-17)20-19(23)14-22-8-3-7-21(2)9-10-22/h5-6,13,15H,3-4,7-12,14H2,1-2H3,(H,20,23)/t15-/m0/s1. The van der Waals surface area contributed by atoms with Crippen molar-refractivity contribution < 1.29 is 14.3 Å². The van der Waals surface area contributed by atoms with Gasteiger partial charge in [-0.2, -0.15) is 0 Å². The van der Waals surface area contributed by atoms with Crippen LogP contribution in [0, 0.1) is 0 Å². The van der Waals surface area contributed by atoms with Crippen LogP contribution in [0.2, 0.25) is 0 Å². The first-order valence-corrected chi connectivity index (χ1v) is 9.21. The molecule has 1 fully saturated rings. The number of rotatable bonds is 4. The van der Waals surface area contributed by atoms with Gasteiger partial charge in [-0.05, 0) is 51.2 Å². The minimum atomic E-state index is -0.0562.